The summed E-state index contributed by atoms with van der Waals surface area (Å²) in [5, 5.41) is 3.64. The standard InChI is InChI=1S/C28H42N6O2S/c1-23-11-4-5-14-26(23)37(35,36)34-20-10-13-25(22-34)33-19-9-6-12-24(21-33)30-28-29-16-15-27(31-28)32-17-7-2-3-8-18-32/h4-5,11,14-16,24-25H,2-3,6-10,12-13,17-22H2,1H3,(H,29,30,31). The van der Waals surface area contributed by atoms with Gasteiger partial charge in [-0.3, -0.25) is 4.90 Å². The Morgan fingerprint density at radius 2 is 1.65 bits per heavy atom. The van der Waals surface area contributed by atoms with Gasteiger partial charge in [0, 0.05) is 51.0 Å². The predicted octanol–water partition coefficient (Wildman–Crippen LogP) is 4.29. The first-order valence-corrected chi connectivity index (χ1v) is 15.6. The summed E-state index contributed by atoms with van der Waals surface area (Å²) in [7, 11) is -3.49. The van der Waals surface area contributed by atoms with Crippen molar-refractivity contribution in [2.45, 2.75) is 81.7 Å². The maximum Gasteiger partial charge on any atom is 0.243 e. The Kier molecular flexibility index (Phi) is 8.62. The smallest absolute Gasteiger partial charge is 0.243 e. The van der Waals surface area contributed by atoms with Crippen LogP contribution in [0.4, 0.5) is 11.8 Å². The number of aryl methyl sites for hydroxylation is 1. The summed E-state index contributed by atoms with van der Waals surface area (Å²) in [4.78, 5) is 14.8. The highest BCUT2D eigenvalue weighted by atomic mass is 32.2. The molecule has 5 rings (SSSR count). The molecule has 0 bridgehead atoms. The van der Waals surface area contributed by atoms with E-state index in [0.717, 1.165) is 69.7 Å². The van der Waals surface area contributed by atoms with Crippen molar-refractivity contribution in [3.8, 4) is 0 Å². The number of rotatable bonds is 6. The predicted molar refractivity (Wildman–Crippen MR) is 149 cm³/mol. The average Bonchev–Trinajstić information content (AvgIpc) is 3.33. The molecule has 4 heterocycles. The largest absolute Gasteiger partial charge is 0.356 e. The van der Waals surface area contributed by atoms with Crippen molar-refractivity contribution in [1.29, 1.82) is 0 Å². The van der Waals surface area contributed by atoms with Crippen LogP contribution in [0.5, 0.6) is 0 Å². The van der Waals surface area contributed by atoms with Crippen molar-refractivity contribution in [1.82, 2.24) is 19.2 Å². The minimum Gasteiger partial charge on any atom is -0.356 e. The Bertz CT molecular complexity index is 1130. The van der Waals surface area contributed by atoms with E-state index in [0.29, 0.717) is 23.9 Å². The molecule has 0 amide bonds. The summed E-state index contributed by atoms with van der Waals surface area (Å²) in [5.74, 6) is 1.73. The zero-order valence-electron chi connectivity index (χ0n) is 22.2. The first-order chi connectivity index (χ1) is 18.0. The first-order valence-electron chi connectivity index (χ1n) is 14.1. The van der Waals surface area contributed by atoms with Crippen molar-refractivity contribution >= 4 is 21.8 Å². The fourth-order valence-electron chi connectivity index (χ4n) is 6.12. The third-order valence-electron chi connectivity index (χ3n) is 8.19. The van der Waals surface area contributed by atoms with Crippen molar-refractivity contribution in [3.63, 3.8) is 0 Å². The molecule has 2 atom stereocenters. The van der Waals surface area contributed by atoms with Crippen LogP contribution in [0.2, 0.25) is 0 Å². The summed E-state index contributed by atoms with van der Waals surface area (Å²) in [6, 6.07) is 9.84. The van der Waals surface area contributed by atoms with Gasteiger partial charge in [0.05, 0.1) is 4.90 Å². The maximum absolute atomic E-state index is 13.5. The summed E-state index contributed by atoms with van der Waals surface area (Å²) in [6.45, 7) is 7.07. The second-order valence-electron chi connectivity index (χ2n) is 10.9. The lowest BCUT2D eigenvalue weighted by Crippen LogP contribution is -2.51. The molecule has 37 heavy (non-hydrogen) atoms. The first kappa shape index (κ1) is 26.4. The molecule has 3 aliphatic heterocycles. The molecule has 202 valence electrons. The Morgan fingerprint density at radius 3 is 2.46 bits per heavy atom. The average molecular weight is 527 g/mol. The van der Waals surface area contributed by atoms with Crippen LogP contribution in [0.25, 0.3) is 0 Å². The third kappa shape index (κ3) is 6.44. The number of hydrogen-bond donors (Lipinski definition) is 1. The fraction of sp³-hybridized carbons (Fsp3) is 0.643. The molecule has 2 unspecified atom stereocenters. The number of nitrogens with one attached hydrogen (secondary N) is 1. The monoisotopic (exact) mass is 526 g/mol. The highest BCUT2D eigenvalue weighted by Crippen LogP contribution is 2.27. The van der Waals surface area contributed by atoms with Crippen LogP contribution in [-0.2, 0) is 10.0 Å². The van der Waals surface area contributed by atoms with Crippen molar-refractivity contribution in [2.75, 3.05) is 49.5 Å². The molecule has 3 aliphatic rings. The molecule has 3 saturated heterocycles. The van der Waals surface area contributed by atoms with Crippen LogP contribution < -0.4 is 10.2 Å². The van der Waals surface area contributed by atoms with Gasteiger partial charge in [0.2, 0.25) is 16.0 Å². The van der Waals surface area contributed by atoms with E-state index in [-0.39, 0.29) is 12.1 Å². The Morgan fingerprint density at radius 1 is 0.865 bits per heavy atom. The molecular weight excluding hydrogens is 484 g/mol. The van der Waals surface area contributed by atoms with Gasteiger partial charge in [0.1, 0.15) is 5.82 Å². The number of nitrogens with zero attached hydrogens (tertiary/aromatic N) is 5. The molecule has 3 fully saturated rings. The van der Waals surface area contributed by atoms with Crippen LogP contribution in [-0.4, -0.2) is 78.9 Å². The van der Waals surface area contributed by atoms with E-state index in [2.05, 4.69) is 20.1 Å². The van der Waals surface area contributed by atoms with Crippen LogP contribution in [0.1, 0.15) is 63.4 Å². The summed E-state index contributed by atoms with van der Waals surface area (Å²) < 4.78 is 28.6. The molecule has 1 aromatic carbocycles. The number of anilines is 2. The Balaban J connectivity index is 1.25. The molecule has 0 radical (unpaired) electrons. The van der Waals surface area contributed by atoms with Gasteiger partial charge in [-0.25, -0.2) is 13.4 Å². The molecule has 9 heteroatoms. The SMILES string of the molecule is Cc1ccccc1S(=O)(=O)N1CCCC(N2CCCCC(Nc3nccc(N4CCCCCC4)n3)C2)C1. The summed E-state index contributed by atoms with van der Waals surface area (Å²) in [6.07, 6.45) is 12.2. The van der Waals surface area contributed by atoms with Gasteiger partial charge < -0.3 is 10.2 Å². The van der Waals surface area contributed by atoms with Crippen molar-refractivity contribution < 1.29 is 8.42 Å². The van der Waals surface area contributed by atoms with E-state index < -0.39 is 10.0 Å². The van der Waals surface area contributed by atoms with Gasteiger partial charge in [-0.15, -0.1) is 0 Å². The molecule has 8 nitrogen and oxygen atoms in total. The second kappa shape index (κ2) is 12.1. The van der Waals surface area contributed by atoms with Gasteiger partial charge in [-0.2, -0.15) is 9.29 Å². The molecule has 0 aliphatic carbocycles. The van der Waals surface area contributed by atoms with Gasteiger partial charge in [0.15, 0.2) is 0 Å². The molecule has 1 N–H and O–H groups in total. The number of sulfonamides is 1. The van der Waals surface area contributed by atoms with Crippen molar-refractivity contribution in [2.24, 2.45) is 0 Å². The highest BCUT2D eigenvalue weighted by molar-refractivity contribution is 7.89. The zero-order valence-corrected chi connectivity index (χ0v) is 23.0. The molecular formula is C28H42N6O2S. The third-order valence-corrected chi connectivity index (χ3v) is 10.2. The fourth-order valence-corrected chi connectivity index (χ4v) is 7.86. The quantitative estimate of drug-likeness (QED) is 0.602. The van der Waals surface area contributed by atoms with Gasteiger partial charge >= 0.3 is 0 Å². The topological polar surface area (TPSA) is 81.7 Å². The van der Waals surface area contributed by atoms with Gasteiger partial charge in [-0.1, -0.05) is 37.5 Å². The van der Waals surface area contributed by atoms with E-state index in [1.54, 1.807) is 10.4 Å². The van der Waals surface area contributed by atoms with Crippen LogP contribution in [0.3, 0.4) is 0 Å². The van der Waals surface area contributed by atoms with E-state index in [4.69, 9.17) is 4.98 Å². The van der Waals surface area contributed by atoms with Crippen LogP contribution in [0, 0.1) is 6.92 Å². The Hall–Kier alpha value is -2.23. The van der Waals surface area contributed by atoms with Gasteiger partial charge in [0.25, 0.3) is 0 Å². The van der Waals surface area contributed by atoms with E-state index in [1.807, 2.05) is 37.4 Å². The molecule has 2 aromatic rings. The van der Waals surface area contributed by atoms with Crippen LogP contribution >= 0.6 is 0 Å². The highest BCUT2D eigenvalue weighted by Gasteiger charge is 2.34. The van der Waals surface area contributed by atoms with Crippen molar-refractivity contribution in [3.05, 3.63) is 42.1 Å². The number of aromatic nitrogens is 2. The van der Waals surface area contributed by atoms with Crippen LogP contribution in [0.15, 0.2) is 41.4 Å². The van der Waals surface area contributed by atoms with E-state index >= 15 is 0 Å². The molecule has 1 aromatic heterocycles. The lowest BCUT2D eigenvalue weighted by molar-refractivity contribution is 0.136. The lowest BCUT2D eigenvalue weighted by Gasteiger charge is -2.39. The molecule has 0 spiro atoms. The number of likely N-dealkylation sites (tertiary alicyclic amines) is 1. The lowest BCUT2D eigenvalue weighted by atomic mass is 10.1. The normalized spacial score (nSPS) is 24.8. The summed E-state index contributed by atoms with van der Waals surface area (Å²) in [5.41, 5.74) is 0.811. The number of piperidine rings is 1. The summed E-state index contributed by atoms with van der Waals surface area (Å²) >= 11 is 0. The minimum absolute atomic E-state index is 0.235. The minimum atomic E-state index is -3.49. The van der Waals surface area contributed by atoms with E-state index in [9.17, 15) is 8.42 Å². The zero-order chi connectivity index (χ0) is 25.7. The van der Waals surface area contributed by atoms with E-state index in [1.165, 1.54) is 25.7 Å². The second-order valence-corrected chi connectivity index (χ2v) is 12.8. The molecule has 0 saturated carbocycles. The maximum atomic E-state index is 13.5. The van der Waals surface area contributed by atoms with Gasteiger partial charge in [-0.05, 0) is 69.7 Å². The number of hydrogen-bond acceptors (Lipinski definition) is 7. The number of benzene rings is 1. The Labute approximate surface area is 222 Å².